The zero-order chi connectivity index (χ0) is 21.8. The quantitative estimate of drug-likeness (QED) is 0.453. The lowest BCUT2D eigenvalue weighted by Gasteiger charge is -2.29. The van der Waals surface area contributed by atoms with E-state index in [2.05, 4.69) is 10.8 Å². The first-order chi connectivity index (χ1) is 15.0. The van der Waals surface area contributed by atoms with Crippen LogP contribution in [-0.2, 0) is 13.1 Å². The molecule has 0 saturated carbocycles. The predicted octanol–water partition coefficient (Wildman–Crippen LogP) is 4.33. The third kappa shape index (κ3) is 4.90. The molecule has 1 aliphatic heterocycles. The van der Waals surface area contributed by atoms with Crippen molar-refractivity contribution >= 4 is 10.9 Å². The average molecular weight is 424 g/mol. The number of piperidine rings is 1. The van der Waals surface area contributed by atoms with Gasteiger partial charge in [-0.3, -0.25) is 4.90 Å². The van der Waals surface area contributed by atoms with Gasteiger partial charge in [-0.2, -0.15) is 0 Å². The Morgan fingerprint density at radius 2 is 1.84 bits per heavy atom. The highest BCUT2D eigenvalue weighted by molar-refractivity contribution is 5.85. The molecule has 0 atom stereocenters. The molecular formula is C25H26F2N2O2. The molecule has 0 radical (unpaired) electrons. The molecule has 3 aromatic rings. The normalized spacial score (nSPS) is 15.3. The molecule has 2 heterocycles. The van der Waals surface area contributed by atoms with Crippen molar-refractivity contribution in [3.63, 3.8) is 0 Å². The molecule has 0 aliphatic carbocycles. The van der Waals surface area contributed by atoms with Gasteiger partial charge in [0.25, 0.3) is 0 Å². The van der Waals surface area contributed by atoms with Gasteiger partial charge in [0.2, 0.25) is 0 Å². The average Bonchev–Trinajstić information content (AvgIpc) is 3.09. The maximum absolute atomic E-state index is 14.3. The summed E-state index contributed by atoms with van der Waals surface area (Å²) < 4.78 is 36.2. The number of likely N-dealkylation sites (tertiary alicyclic amines) is 1. The van der Waals surface area contributed by atoms with Gasteiger partial charge in [0.05, 0.1) is 19.3 Å². The summed E-state index contributed by atoms with van der Waals surface area (Å²) in [6.07, 6.45) is 9.05. The summed E-state index contributed by atoms with van der Waals surface area (Å²) in [4.78, 5) is 2.29. The van der Waals surface area contributed by atoms with Crippen LogP contribution in [0, 0.1) is 24.0 Å². The van der Waals surface area contributed by atoms with E-state index >= 15 is 0 Å². The largest absolute Gasteiger partial charge is 0.493 e. The highest BCUT2D eigenvalue weighted by atomic mass is 19.1. The van der Waals surface area contributed by atoms with E-state index in [9.17, 15) is 13.9 Å². The molecule has 1 aromatic heterocycles. The maximum atomic E-state index is 14.3. The number of halogens is 2. The van der Waals surface area contributed by atoms with Gasteiger partial charge < -0.3 is 14.4 Å². The second-order valence-electron chi connectivity index (χ2n) is 7.97. The summed E-state index contributed by atoms with van der Waals surface area (Å²) in [6, 6.07) is 9.67. The van der Waals surface area contributed by atoms with E-state index in [1.165, 1.54) is 18.2 Å². The Hall–Kier alpha value is -2.88. The fourth-order valence-corrected chi connectivity index (χ4v) is 4.10. The molecule has 2 aromatic carbocycles. The summed E-state index contributed by atoms with van der Waals surface area (Å²) in [5.74, 6) is 2.17. The third-order valence-electron chi connectivity index (χ3n) is 5.79. The van der Waals surface area contributed by atoms with Gasteiger partial charge in [-0.1, -0.05) is 6.07 Å². The number of ether oxygens (including phenoxy) is 1. The molecule has 0 unspecified atom stereocenters. The van der Waals surface area contributed by atoms with Crippen molar-refractivity contribution in [1.29, 1.82) is 0 Å². The zero-order valence-electron chi connectivity index (χ0n) is 17.4. The van der Waals surface area contributed by atoms with Crippen LogP contribution in [0.4, 0.5) is 8.78 Å². The first-order valence-electron chi connectivity index (χ1n) is 10.6. The highest BCUT2D eigenvalue weighted by Crippen LogP contribution is 2.29. The van der Waals surface area contributed by atoms with Crippen molar-refractivity contribution < 1.29 is 18.6 Å². The van der Waals surface area contributed by atoms with Gasteiger partial charge in [0, 0.05) is 48.7 Å². The first kappa shape index (κ1) is 21.4. The Balaban J connectivity index is 1.67. The van der Waals surface area contributed by atoms with E-state index in [0.717, 1.165) is 42.4 Å². The molecule has 1 N–H and O–H groups in total. The summed E-state index contributed by atoms with van der Waals surface area (Å²) in [7, 11) is 0. The first-order valence-corrected chi connectivity index (χ1v) is 10.6. The molecule has 162 valence electrons. The molecule has 4 nitrogen and oxygen atoms in total. The van der Waals surface area contributed by atoms with E-state index < -0.39 is 11.6 Å². The van der Waals surface area contributed by atoms with E-state index in [-0.39, 0.29) is 18.2 Å². The van der Waals surface area contributed by atoms with Crippen molar-refractivity contribution in [3.05, 3.63) is 65.4 Å². The number of benzene rings is 2. The number of rotatable bonds is 7. The lowest BCUT2D eigenvalue weighted by molar-refractivity contribution is 0.0794. The molecule has 0 bridgehead atoms. The number of nitrogens with zero attached hydrogens (tertiary/aromatic N) is 2. The van der Waals surface area contributed by atoms with Crippen LogP contribution < -0.4 is 4.74 Å². The molecule has 4 rings (SSSR count). The lowest BCUT2D eigenvalue weighted by atomic mass is 10.1. The Morgan fingerprint density at radius 3 is 2.55 bits per heavy atom. The summed E-state index contributed by atoms with van der Waals surface area (Å²) in [6.45, 7) is 2.86. The SMILES string of the molecule is C#CCCOc1ccc2c(c1)c(CN1CCC(O)CC1)cn2Cc1c(F)cccc1F. The fraction of sp³-hybridized carbons (Fsp3) is 0.360. The van der Waals surface area contributed by atoms with Crippen LogP contribution in [0.3, 0.4) is 0 Å². The molecule has 6 heteroatoms. The molecule has 0 spiro atoms. The second kappa shape index (κ2) is 9.51. The smallest absolute Gasteiger partial charge is 0.131 e. The summed E-state index contributed by atoms with van der Waals surface area (Å²) in [5.41, 5.74) is 1.99. The third-order valence-corrected chi connectivity index (χ3v) is 5.79. The van der Waals surface area contributed by atoms with Gasteiger partial charge >= 0.3 is 0 Å². The van der Waals surface area contributed by atoms with Gasteiger partial charge in [-0.15, -0.1) is 12.3 Å². The molecule has 31 heavy (non-hydrogen) atoms. The molecule has 1 aliphatic rings. The molecule has 0 amide bonds. The van der Waals surface area contributed by atoms with Gasteiger partial charge in [-0.05, 0) is 48.7 Å². The number of hydrogen-bond donors (Lipinski definition) is 1. The van der Waals surface area contributed by atoms with Crippen LogP contribution >= 0.6 is 0 Å². The lowest BCUT2D eigenvalue weighted by Crippen LogP contribution is -2.35. The minimum atomic E-state index is -0.553. The van der Waals surface area contributed by atoms with Crippen LogP contribution in [-0.4, -0.2) is 40.4 Å². The monoisotopic (exact) mass is 424 g/mol. The summed E-state index contributed by atoms with van der Waals surface area (Å²) in [5, 5.41) is 10.8. The zero-order valence-corrected chi connectivity index (χ0v) is 17.4. The Bertz CT molecular complexity index is 1070. The van der Waals surface area contributed by atoms with Crippen LogP contribution in [0.15, 0.2) is 42.6 Å². The van der Waals surface area contributed by atoms with Crippen LogP contribution in [0.5, 0.6) is 5.75 Å². The number of hydrogen-bond acceptors (Lipinski definition) is 3. The second-order valence-corrected chi connectivity index (χ2v) is 7.97. The fourth-order valence-electron chi connectivity index (χ4n) is 4.10. The van der Waals surface area contributed by atoms with E-state index in [1.807, 2.05) is 29.0 Å². The maximum Gasteiger partial charge on any atom is 0.131 e. The van der Waals surface area contributed by atoms with Crippen LogP contribution in [0.2, 0.25) is 0 Å². The number of fused-ring (bicyclic) bond motifs is 1. The van der Waals surface area contributed by atoms with E-state index in [4.69, 9.17) is 11.2 Å². The van der Waals surface area contributed by atoms with Crippen molar-refractivity contribution in [2.75, 3.05) is 19.7 Å². The minimum absolute atomic E-state index is 0.0430. The highest BCUT2D eigenvalue weighted by Gasteiger charge is 2.20. The number of terminal acetylenes is 1. The van der Waals surface area contributed by atoms with Crippen LogP contribution in [0.25, 0.3) is 10.9 Å². The number of aliphatic hydroxyl groups is 1. The van der Waals surface area contributed by atoms with Crippen molar-refractivity contribution in [1.82, 2.24) is 9.47 Å². The topological polar surface area (TPSA) is 37.6 Å². The summed E-state index contributed by atoms with van der Waals surface area (Å²) >= 11 is 0. The van der Waals surface area contributed by atoms with Gasteiger partial charge in [-0.25, -0.2) is 8.78 Å². The van der Waals surface area contributed by atoms with E-state index in [1.54, 1.807) is 0 Å². The molecule has 1 saturated heterocycles. The van der Waals surface area contributed by atoms with Crippen molar-refractivity contribution in [2.24, 2.45) is 0 Å². The van der Waals surface area contributed by atoms with Crippen LogP contribution in [0.1, 0.15) is 30.4 Å². The standard InChI is InChI=1S/C25H26F2N2O2/c1-2-3-13-31-20-7-8-25-21(14-20)18(15-28-11-9-19(30)10-12-28)16-29(25)17-22-23(26)5-4-6-24(22)27/h1,4-8,14,16,19,30H,3,9-13,15,17H2. The number of aliphatic hydroxyl groups excluding tert-OH is 1. The Labute approximate surface area is 181 Å². The van der Waals surface area contributed by atoms with E-state index in [0.29, 0.717) is 25.3 Å². The van der Waals surface area contributed by atoms with Crippen molar-refractivity contribution in [3.8, 4) is 18.1 Å². The molecular weight excluding hydrogens is 398 g/mol. The Morgan fingerprint density at radius 1 is 1.10 bits per heavy atom. The minimum Gasteiger partial charge on any atom is -0.493 e. The number of aromatic nitrogens is 1. The van der Waals surface area contributed by atoms with Crippen molar-refractivity contribution in [2.45, 2.75) is 38.5 Å². The van der Waals surface area contributed by atoms with Gasteiger partial charge in [0.15, 0.2) is 0 Å². The van der Waals surface area contributed by atoms with Gasteiger partial charge in [0.1, 0.15) is 17.4 Å². The Kier molecular flexibility index (Phi) is 6.55. The predicted molar refractivity (Wildman–Crippen MR) is 117 cm³/mol. The molecule has 1 fully saturated rings.